The van der Waals surface area contributed by atoms with Gasteiger partial charge in [0.25, 0.3) is 0 Å². The third kappa shape index (κ3) is 11.8. The van der Waals surface area contributed by atoms with Gasteiger partial charge in [-0.1, -0.05) is 36.2 Å². The number of carbonyl (C=O) groups is 1. The fourth-order valence-electron chi connectivity index (χ4n) is 8.68. The molecule has 3 N–H and O–H groups in total. The molecule has 2 aliphatic carbocycles. The maximum Gasteiger partial charge on any atom is 0.410 e. The Kier molecular flexibility index (Phi) is 17.5. The first kappa shape index (κ1) is 46.3. The van der Waals surface area contributed by atoms with E-state index in [1.807, 2.05) is 58.0 Å². The average molecular weight is 842 g/mol. The van der Waals surface area contributed by atoms with Crippen molar-refractivity contribution in [2.45, 2.75) is 103 Å². The number of allylic oxidation sites excluding steroid dienone is 1. The van der Waals surface area contributed by atoms with E-state index in [1.54, 1.807) is 11.0 Å². The predicted octanol–water partition coefficient (Wildman–Crippen LogP) is 7.09. The van der Waals surface area contributed by atoms with Crippen LogP contribution in [0, 0.1) is 24.7 Å². The minimum atomic E-state index is -1.48. The molecule has 1 saturated carbocycles. The van der Waals surface area contributed by atoms with Crippen LogP contribution in [0.5, 0.6) is 11.5 Å². The molecule has 0 unspecified atom stereocenters. The number of carbonyl (C=O) groups excluding carboxylic acids is 1. The van der Waals surface area contributed by atoms with Gasteiger partial charge in [0.2, 0.25) is 5.79 Å². The minimum absolute atomic E-state index is 0.0140. The highest BCUT2D eigenvalue weighted by atomic mass is 35.5. The van der Waals surface area contributed by atoms with Gasteiger partial charge in [0.05, 0.1) is 49.6 Å². The Morgan fingerprint density at radius 1 is 1.07 bits per heavy atom. The first-order chi connectivity index (χ1) is 28.5. The van der Waals surface area contributed by atoms with Crippen molar-refractivity contribution in [1.82, 2.24) is 9.88 Å². The molecule has 0 bridgehead atoms. The lowest BCUT2D eigenvalue weighted by molar-refractivity contribution is -0.256. The summed E-state index contributed by atoms with van der Waals surface area (Å²) in [7, 11) is 0. The Bertz CT molecular complexity index is 1730. The van der Waals surface area contributed by atoms with Gasteiger partial charge in [-0.05, 0) is 101 Å². The lowest BCUT2D eigenvalue weighted by Gasteiger charge is -2.59. The van der Waals surface area contributed by atoms with Crippen LogP contribution in [0.3, 0.4) is 0 Å². The third-order valence-electron chi connectivity index (χ3n) is 11.0. The molecule has 1 amide bonds. The van der Waals surface area contributed by atoms with Crippen molar-refractivity contribution in [3.63, 3.8) is 0 Å². The van der Waals surface area contributed by atoms with E-state index >= 15 is 0 Å². The molecule has 5 rings (SSSR count). The second-order valence-electron chi connectivity index (χ2n) is 16.4. The number of nitrogens with zero attached hydrogens (tertiary/aromatic N) is 3. The van der Waals surface area contributed by atoms with E-state index in [0.717, 1.165) is 48.2 Å². The van der Waals surface area contributed by atoms with Gasteiger partial charge in [-0.25, -0.2) is 4.79 Å². The molecular formula is C45H64ClN3O10. The monoisotopic (exact) mass is 841 g/mol. The zero-order chi connectivity index (χ0) is 42.4. The molecule has 6 atom stereocenters. The summed E-state index contributed by atoms with van der Waals surface area (Å²) < 4.78 is 32.1. The molecule has 0 saturated heterocycles. The number of aromatic nitrogens is 1. The van der Waals surface area contributed by atoms with E-state index in [9.17, 15) is 20.1 Å². The number of ether oxygens (including phenoxy) is 5. The van der Waals surface area contributed by atoms with Crippen LogP contribution in [0.1, 0.15) is 88.6 Å². The summed E-state index contributed by atoms with van der Waals surface area (Å²) in [5.74, 6) is -0.777. The van der Waals surface area contributed by atoms with Crippen LogP contribution in [-0.4, -0.2) is 113 Å². The summed E-state index contributed by atoms with van der Waals surface area (Å²) in [5.41, 5.74) is 3.61. The van der Waals surface area contributed by atoms with Crippen molar-refractivity contribution in [2.75, 3.05) is 58.7 Å². The van der Waals surface area contributed by atoms with Crippen LogP contribution < -0.4 is 9.47 Å². The number of aryl methyl sites for hydroxylation is 1. The smallest absolute Gasteiger partial charge is 0.410 e. The number of fused-ring (bicyclic) bond motifs is 2. The summed E-state index contributed by atoms with van der Waals surface area (Å²) in [4.78, 5) is 26.6. The van der Waals surface area contributed by atoms with Crippen molar-refractivity contribution < 1.29 is 48.6 Å². The largest absolute Gasteiger partial charge is 0.487 e. The molecule has 13 nitrogen and oxygen atoms in total. The van der Waals surface area contributed by atoms with E-state index in [-0.39, 0.29) is 89.5 Å². The molecule has 0 radical (unpaired) electrons. The van der Waals surface area contributed by atoms with Crippen LogP contribution in [-0.2, 0) is 25.7 Å². The summed E-state index contributed by atoms with van der Waals surface area (Å²) in [6, 6.07) is 10.9. The van der Waals surface area contributed by atoms with Crippen molar-refractivity contribution in [3.8, 4) is 11.5 Å². The zero-order valence-electron chi connectivity index (χ0n) is 35.2. The Labute approximate surface area is 354 Å². The van der Waals surface area contributed by atoms with Gasteiger partial charge in [0.1, 0.15) is 36.4 Å². The van der Waals surface area contributed by atoms with E-state index in [2.05, 4.69) is 23.7 Å². The zero-order valence-corrected chi connectivity index (χ0v) is 35.9. The van der Waals surface area contributed by atoms with Gasteiger partial charge >= 0.3 is 6.09 Å². The Balaban J connectivity index is 1.76. The molecule has 1 aromatic heterocycles. The number of unbranched alkanes of at least 4 members (excludes halogenated alkanes) is 2. The normalized spacial score (nSPS) is 24.0. The number of hydrogen-bond donors (Lipinski definition) is 3. The number of amides is 1. The molecule has 59 heavy (non-hydrogen) atoms. The van der Waals surface area contributed by atoms with Gasteiger partial charge in [0, 0.05) is 43.4 Å². The molecular weight excluding hydrogens is 778 g/mol. The quantitative estimate of drug-likeness (QED) is 0.0454. The second-order valence-corrected chi connectivity index (χ2v) is 16.7. The molecule has 2 heterocycles. The molecule has 1 fully saturated rings. The van der Waals surface area contributed by atoms with Crippen molar-refractivity contribution in [3.05, 3.63) is 77.7 Å². The van der Waals surface area contributed by atoms with Crippen LogP contribution in [0.2, 0.25) is 0 Å². The van der Waals surface area contributed by atoms with Crippen LogP contribution in [0.25, 0.3) is 0 Å². The number of rotatable bonds is 23. The molecule has 1 aliphatic heterocycles. The number of halogens is 1. The highest BCUT2D eigenvalue weighted by Gasteiger charge is 2.65. The van der Waals surface area contributed by atoms with E-state index < -0.39 is 29.4 Å². The summed E-state index contributed by atoms with van der Waals surface area (Å²) >= 11 is 6.03. The number of oxime groups is 1. The van der Waals surface area contributed by atoms with E-state index in [1.165, 1.54) is 0 Å². The molecule has 2 aromatic rings. The molecule has 326 valence electrons. The fourth-order valence-corrected chi connectivity index (χ4v) is 8.76. The lowest BCUT2D eigenvalue weighted by Crippen LogP contribution is -2.70. The first-order valence-electron chi connectivity index (χ1n) is 21.0. The van der Waals surface area contributed by atoms with Crippen molar-refractivity contribution >= 4 is 23.4 Å². The second kappa shape index (κ2) is 22.2. The maximum absolute atomic E-state index is 14.2. The number of pyridine rings is 1. The van der Waals surface area contributed by atoms with Crippen LogP contribution in [0.15, 0.2) is 65.9 Å². The number of alkyl halides is 1. The molecule has 0 spiro atoms. The highest BCUT2D eigenvalue weighted by molar-refractivity contribution is 6.18. The standard InChI is InChI=1S/C45H64ClN3O10/c1-6-23-57-45-40(49(19-25-54-26-22-52)43(53)55-24-18-46)29-38(48-59-44(3,4)5)36-27-32(13-7-9-20-50)35(15-8-10-21-51)41(42(36)45)37-28-34(16-17-39(37)58-45)56-30-33-14-11-12-31(2)47-33/h6,11-12,14,16-17,27-28,32,35,40-42,50-52H,1,7-10,13,15,18-26,29-30H2,2-5H3/t32-,35+,40-,41+,42+,45+/m0/s1. The first-order valence-corrected chi connectivity index (χ1v) is 21.5. The van der Waals surface area contributed by atoms with E-state index in [4.69, 9.17) is 45.3 Å². The van der Waals surface area contributed by atoms with Gasteiger partial charge in [-0.2, -0.15) is 0 Å². The van der Waals surface area contributed by atoms with Crippen molar-refractivity contribution in [1.29, 1.82) is 0 Å². The Hall–Kier alpha value is -3.72. The SMILES string of the molecule is C=CCO[C@@]12Oc3ccc(OCc4cccc(C)n4)cc3[C@H]3[C@H](CCCCO)[C@@H](CCCCO)C=C(C(=NOC(C)(C)C)C[C@@H]1N(CCOCCO)C(=O)OCCCl)[C@H]32. The minimum Gasteiger partial charge on any atom is -0.487 e. The number of aliphatic hydroxyl groups excluding tert-OH is 3. The lowest BCUT2D eigenvalue weighted by atomic mass is 9.55. The average Bonchev–Trinajstić information content (AvgIpc) is 3.21. The summed E-state index contributed by atoms with van der Waals surface area (Å²) in [5, 5.41) is 34.1. The number of aliphatic hydroxyl groups is 3. The number of benzene rings is 1. The van der Waals surface area contributed by atoms with Gasteiger partial charge in [-0.3, -0.25) is 9.88 Å². The van der Waals surface area contributed by atoms with Gasteiger partial charge < -0.3 is 43.8 Å². The molecule has 3 aliphatic rings. The summed E-state index contributed by atoms with van der Waals surface area (Å²) in [6.45, 7) is 12.4. The highest BCUT2D eigenvalue weighted by Crippen LogP contribution is 2.62. The maximum atomic E-state index is 14.2. The Morgan fingerprint density at radius 3 is 2.54 bits per heavy atom. The van der Waals surface area contributed by atoms with Gasteiger partial charge in [-0.15, -0.1) is 18.2 Å². The van der Waals surface area contributed by atoms with Crippen LogP contribution in [0.4, 0.5) is 4.79 Å². The van der Waals surface area contributed by atoms with Crippen molar-refractivity contribution in [2.24, 2.45) is 22.9 Å². The number of hydrogen-bond acceptors (Lipinski definition) is 12. The predicted molar refractivity (Wildman–Crippen MR) is 226 cm³/mol. The topological polar surface area (TPSA) is 162 Å². The molecule has 1 aromatic carbocycles. The summed E-state index contributed by atoms with van der Waals surface area (Å²) in [6.07, 6.45) is 8.06. The molecule has 14 heteroatoms. The Morgan fingerprint density at radius 2 is 1.85 bits per heavy atom. The fraction of sp³-hybridized carbons (Fsp3) is 0.622. The van der Waals surface area contributed by atoms with Crippen LogP contribution >= 0.6 is 11.6 Å². The van der Waals surface area contributed by atoms with Gasteiger partial charge in [0.15, 0.2) is 0 Å². The van der Waals surface area contributed by atoms with E-state index in [0.29, 0.717) is 30.1 Å². The third-order valence-corrected chi connectivity index (χ3v) is 11.2.